The van der Waals surface area contributed by atoms with E-state index in [1.807, 2.05) is 97.1 Å². The molecule has 0 aliphatic rings. The summed E-state index contributed by atoms with van der Waals surface area (Å²) in [6.45, 7) is -0.220. The Morgan fingerprint density at radius 3 is 2.05 bits per heavy atom. The van der Waals surface area contributed by atoms with Crippen molar-refractivity contribution in [1.29, 1.82) is 0 Å². The van der Waals surface area contributed by atoms with Crippen LogP contribution in [0.2, 0.25) is 0 Å². The molecular formula is C32H30BrN3O5. The predicted molar refractivity (Wildman–Crippen MR) is 160 cm³/mol. The molecule has 0 aromatic heterocycles. The van der Waals surface area contributed by atoms with Gasteiger partial charge in [0.05, 0.1) is 12.6 Å². The second kappa shape index (κ2) is 14.8. The van der Waals surface area contributed by atoms with Crippen LogP contribution in [0.15, 0.2) is 114 Å². The van der Waals surface area contributed by atoms with Crippen molar-refractivity contribution < 1.29 is 24.2 Å². The van der Waals surface area contributed by atoms with Crippen LogP contribution in [0.25, 0.3) is 0 Å². The molecule has 41 heavy (non-hydrogen) atoms. The average Bonchev–Trinajstić information content (AvgIpc) is 2.98. The number of carbonyl (C=O) groups excluding carboxylic acids is 2. The van der Waals surface area contributed by atoms with E-state index < -0.39 is 30.1 Å². The molecule has 4 aromatic rings. The van der Waals surface area contributed by atoms with Gasteiger partial charge >= 0.3 is 12.1 Å². The highest BCUT2D eigenvalue weighted by Crippen LogP contribution is 2.31. The number of hydrogen-bond donors (Lipinski definition) is 4. The fourth-order valence-corrected chi connectivity index (χ4v) is 4.69. The monoisotopic (exact) mass is 615 g/mol. The van der Waals surface area contributed by atoms with Gasteiger partial charge in [-0.3, -0.25) is 14.9 Å². The minimum absolute atomic E-state index is 0.0667. The standard InChI is InChI=1S/C32H30BrN3O5/c33-25-16-17-27(26(19-25)30(34-20-29(37)38)24-14-8-3-9-15-24)35-31(39)28(18-22-10-4-1-5-11-22)36-32(40)41-21-23-12-6-2-7-13-23/h1-17,19,28,30,34H,18,20-21H2,(H,35,39)(H,36,40)(H,37,38). The van der Waals surface area contributed by atoms with Gasteiger partial charge in [-0.2, -0.15) is 0 Å². The van der Waals surface area contributed by atoms with Gasteiger partial charge in [0.25, 0.3) is 0 Å². The molecule has 0 heterocycles. The third kappa shape index (κ3) is 9.02. The zero-order chi connectivity index (χ0) is 29.0. The number of aliphatic carboxylic acids is 1. The largest absolute Gasteiger partial charge is 0.480 e. The number of hydrogen-bond acceptors (Lipinski definition) is 5. The lowest BCUT2D eigenvalue weighted by Crippen LogP contribution is -2.45. The number of benzene rings is 4. The van der Waals surface area contributed by atoms with E-state index in [1.54, 1.807) is 12.1 Å². The van der Waals surface area contributed by atoms with E-state index >= 15 is 0 Å². The minimum Gasteiger partial charge on any atom is -0.480 e. The van der Waals surface area contributed by atoms with Crippen molar-refractivity contribution in [2.45, 2.75) is 25.1 Å². The Morgan fingerprint density at radius 1 is 0.805 bits per heavy atom. The van der Waals surface area contributed by atoms with Crippen LogP contribution in [0.5, 0.6) is 0 Å². The molecule has 0 aliphatic carbocycles. The van der Waals surface area contributed by atoms with E-state index in [0.29, 0.717) is 11.3 Å². The van der Waals surface area contributed by atoms with E-state index in [4.69, 9.17) is 4.74 Å². The van der Waals surface area contributed by atoms with E-state index in [9.17, 15) is 19.5 Å². The highest BCUT2D eigenvalue weighted by Gasteiger charge is 2.25. The van der Waals surface area contributed by atoms with Gasteiger partial charge in [0.2, 0.25) is 5.91 Å². The van der Waals surface area contributed by atoms with Crippen molar-refractivity contribution in [3.63, 3.8) is 0 Å². The van der Waals surface area contributed by atoms with Crippen molar-refractivity contribution in [1.82, 2.24) is 10.6 Å². The third-order valence-corrected chi connectivity index (χ3v) is 6.77. The first-order chi connectivity index (χ1) is 19.9. The second-order valence-electron chi connectivity index (χ2n) is 9.29. The van der Waals surface area contributed by atoms with Crippen LogP contribution in [0.4, 0.5) is 10.5 Å². The van der Waals surface area contributed by atoms with E-state index in [1.165, 1.54) is 0 Å². The maximum absolute atomic E-state index is 13.7. The molecule has 8 nitrogen and oxygen atoms in total. The van der Waals surface area contributed by atoms with Gasteiger partial charge in [0, 0.05) is 16.6 Å². The predicted octanol–water partition coefficient (Wildman–Crippen LogP) is 5.69. The highest BCUT2D eigenvalue weighted by molar-refractivity contribution is 9.10. The van der Waals surface area contributed by atoms with Crippen LogP contribution >= 0.6 is 15.9 Å². The molecule has 4 aromatic carbocycles. The van der Waals surface area contributed by atoms with Gasteiger partial charge in [-0.15, -0.1) is 0 Å². The molecule has 2 amide bonds. The summed E-state index contributed by atoms with van der Waals surface area (Å²) in [5.74, 6) is -1.45. The normalized spacial score (nSPS) is 12.1. The van der Waals surface area contributed by atoms with Gasteiger partial charge in [0.1, 0.15) is 12.6 Å². The summed E-state index contributed by atoms with van der Waals surface area (Å²) in [6.07, 6.45) is -0.482. The number of carboxylic acids is 1. The molecule has 0 radical (unpaired) electrons. The van der Waals surface area contributed by atoms with Crippen LogP contribution in [0.1, 0.15) is 28.3 Å². The molecule has 0 aliphatic heterocycles. The lowest BCUT2D eigenvalue weighted by atomic mass is 9.96. The first-order valence-corrected chi connectivity index (χ1v) is 13.8. The fraction of sp³-hybridized carbons (Fsp3) is 0.156. The van der Waals surface area contributed by atoms with Crippen molar-refractivity contribution in [3.8, 4) is 0 Å². The van der Waals surface area contributed by atoms with Crippen molar-refractivity contribution >= 4 is 39.6 Å². The number of ether oxygens (including phenoxy) is 1. The minimum atomic E-state index is -1.01. The summed E-state index contributed by atoms with van der Waals surface area (Å²) in [6, 6.07) is 31.9. The number of amides is 2. The van der Waals surface area contributed by atoms with E-state index in [0.717, 1.165) is 21.2 Å². The molecule has 210 valence electrons. The number of halogens is 1. The van der Waals surface area contributed by atoms with Crippen LogP contribution < -0.4 is 16.0 Å². The maximum atomic E-state index is 13.7. The van der Waals surface area contributed by atoms with Gasteiger partial charge < -0.3 is 20.5 Å². The first kappa shape index (κ1) is 29.5. The van der Waals surface area contributed by atoms with Crippen molar-refractivity contribution in [2.75, 3.05) is 11.9 Å². The molecule has 2 unspecified atom stereocenters. The molecule has 0 bridgehead atoms. The molecule has 0 saturated heterocycles. The Morgan fingerprint density at radius 2 is 1.41 bits per heavy atom. The Bertz CT molecular complexity index is 1450. The number of alkyl carbamates (subject to hydrolysis) is 1. The smallest absolute Gasteiger partial charge is 0.408 e. The molecule has 0 fully saturated rings. The summed E-state index contributed by atoms with van der Waals surface area (Å²) in [7, 11) is 0. The SMILES string of the molecule is O=C(O)CNC(c1ccccc1)c1cc(Br)ccc1NC(=O)C(Cc1ccccc1)NC(=O)OCc1ccccc1. The number of nitrogens with one attached hydrogen (secondary N) is 3. The zero-order valence-corrected chi connectivity index (χ0v) is 23.7. The third-order valence-electron chi connectivity index (χ3n) is 6.28. The Kier molecular flexibility index (Phi) is 10.6. The summed E-state index contributed by atoms with van der Waals surface area (Å²) >= 11 is 3.50. The molecule has 2 atom stereocenters. The molecular weight excluding hydrogens is 586 g/mol. The van der Waals surface area contributed by atoms with Crippen molar-refractivity contribution in [2.24, 2.45) is 0 Å². The van der Waals surface area contributed by atoms with E-state index in [2.05, 4.69) is 31.9 Å². The summed E-state index contributed by atoms with van der Waals surface area (Å²) in [4.78, 5) is 37.8. The quantitative estimate of drug-likeness (QED) is 0.163. The summed E-state index contributed by atoms with van der Waals surface area (Å²) in [5, 5.41) is 18.1. The van der Waals surface area contributed by atoms with Crippen LogP contribution in [-0.2, 0) is 27.4 Å². The van der Waals surface area contributed by atoms with Gasteiger partial charge in [-0.1, -0.05) is 107 Å². The number of carboxylic acid groups (broad SMARTS) is 1. The summed E-state index contributed by atoms with van der Waals surface area (Å²) < 4.78 is 6.14. The van der Waals surface area contributed by atoms with E-state index in [-0.39, 0.29) is 19.6 Å². The second-order valence-corrected chi connectivity index (χ2v) is 10.2. The Labute approximate surface area is 246 Å². The lowest BCUT2D eigenvalue weighted by Gasteiger charge is -2.24. The topological polar surface area (TPSA) is 117 Å². The van der Waals surface area contributed by atoms with Crippen LogP contribution in [0, 0.1) is 0 Å². The molecule has 4 N–H and O–H groups in total. The first-order valence-electron chi connectivity index (χ1n) is 13.0. The maximum Gasteiger partial charge on any atom is 0.408 e. The van der Waals surface area contributed by atoms with Crippen LogP contribution in [0.3, 0.4) is 0 Å². The highest BCUT2D eigenvalue weighted by atomic mass is 79.9. The van der Waals surface area contributed by atoms with Crippen molar-refractivity contribution in [3.05, 3.63) is 136 Å². The number of rotatable bonds is 12. The molecule has 0 spiro atoms. The fourth-order valence-electron chi connectivity index (χ4n) is 4.31. The van der Waals surface area contributed by atoms with Gasteiger partial charge in [0.15, 0.2) is 0 Å². The average molecular weight is 617 g/mol. The van der Waals surface area contributed by atoms with Crippen LogP contribution in [-0.4, -0.2) is 35.7 Å². The number of carbonyl (C=O) groups is 3. The van der Waals surface area contributed by atoms with Gasteiger partial charge in [-0.05, 0) is 40.5 Å². The zero-order valence-electron chi connectivity index (χ0n) is 22.1. The number of anilines is 1. The lowest BCUT2D eigenvalue weighted by molar-refractivity contribution is -0.136. The molecule has 4 rings (SSSR count). The molecule has 0 saturated carbocycles. The summed E-state index contributed by atoms with van der Waals surface area (Å²) in [5.41, 5.74) is 3.64. The Balaban J connectivity index is 1.58. The Hall–Kier alpha value is -4.47. The van der Waals surface area contributed by atoms with Gasteiger partial charge in [-0.25, -0.2) is 4.79 Å². The molecule has 9 heteroatoms.